The number of nitrogens with one attached hydrogen (secondary N) is 1. The highest BCUT2D eigenvalue weighted by atomic mass is 16.5. The van der Waals surface area contributed by atoms with Crippen LogP contribution < -0.4 is 15.0 Å². The van der Waals surface area contributed by atoms with E-state index in [0.717, 1.165) is 0 Å². The minimum absolute atomic E-state index is 0.160. The molecule has 2 aromatic rings. The third-order valence-corrected chi connectivity index (χ3v) is 2.89. The smallest absolute Gasteiger partial charge is 0.326 e. The highest BCUT2D eigenvalue weighted by Gasteiger charge is 2.12. The number of aromatic hydroxyl groups is 1. The highest BCUT2D eigenvalue weighted by Crippen LogP contribution is 2.24. The van der Waals surface area contributed by atoms with Crippen LogP contribution >= 0.6 is 0 Å². The largest absolute Gasteiger partial charge is 0.508 e. The molecule has 2 rings (SSSR count). The summed E-state index contributed by atoms with van der Waals surface area (Å²) in [4.78, 5) is 13.6. The number of nitrogens with zero attached hydrogens (tertiary/aromatic N) is 1. The lowest BCUT2D eigenvalue weighted by Crippen LogP contribution is -2.31. The number of benzene rings is 2. The molecule has 0 atom stereocenters. The number of hydrogen-bond donors (Lipinski definition) is 2. The molecule has 0 aliphatic rings. The Kier molecular flexibility index (Phi) is 4.10. The number of hydrogen-bond acceptors (Lipinski definition) is 3. The van der Waals surface area contributed by atoms with Crippen LogP contribution in [0.25, 0.3) is 0 Å². The molecule has 2 N–H and O–H groups in total. The molecular formula is C15H16N2O3. The van der Waals surface area contributed by atoms with Crippen LogP contribution in [0.15, 0.2) is 48.5 Å². The lowest BCUT2D eigenvalue weighted by Gasteiger charge is -2.19. The lowest BCUT2D eigenvalue weighted by molar-refractivity contribution is 0.258. The van der Waals surface area contributed by atoms with Crippen molar-refractivity contribution < 1.29 is 14.6 Å². The standard InChI is InChI=1S/C15H16N2O3/c1-17(11-7-9-12(18)10-8-11)15(19)16-13-5-3-4-6-14(13)20-2/h3-10,18H,1-2H3,(H,16,19). The number of rotatable bonds is 3. The summed E-state index contributed by atoms with van der Waals surface area (Å²) in [5.74, 6) is 0.757. The first kappa shape index (κ1) is 13.7. The van der Waals surface area contributed by atoms with Crippen LogP contribution in [0.1, 0.15) is 0 Å². The maximum atomic E-state index is 12.2. The molecule has 5 nitrogen and oxygen atoms in total. The van der Waals surface area contributed by atoms with E-state index in [-0.39, 0.29) is 11.8 Å². The highest BCUT2D eigenvalue weighted by molar-refractivity contribution is 6.02. The predicted octanol–water partition coefficient (Wildman–Crippen LogP) is 3.07. The van der Waals surface area contributed by atoms with E-state index >= 15 is 0 Å². The maximum Gasteiger partial charge on any atom is 0.326 e. The molecule has 0 fully saturated rings. The van der Waals surface area contributed by atoms with Crippen molar-refractivity contribution in [2.45, 2.75) is 0 Å². The van der Waals surface area contributed by atoms with Gasteiger partial charge in [-0.3, -0.25) is 4.90 Å². The first-order valence-electron chi connectivity index (χ1n) is 6.08. The maximum absolute atomic E-state index is 12.2. The normalized spacial score (nSPS) is 9.90. The van der Waals surface area contributed by atoms with E-state index in [2.05, 4.69) is 5.32 Å². The van der Waals surface area contributed by atoms with Gasteiger partial charge < -0.3 is 15.2 Å². The minimum atomic E-state index is -0.291. The summed E-state index contributed by atoms with van der Waals surface area (Å²) in [6, 6.07) is 13.3. The van der Waals surface area contributed by atoms with E-state index < -0.39 is 0 Å². The summed E-state index contributed by atoms with van der Waals surface area (Å²) in [7, 11) is 3.20. The quantitative estimate of drug-likeness (QED) is 0.902. The number of phenols is 1. The van der Waals surface area contributed by atoms with Gasteiger partial charge in [-0.25, -0.2) is 4.79 Å². The van der Waals surface area contributed by atoms with E-state index in [1.54, 1.807) is 38.4 Å². The molecule has 0 bridgehead atoms. The van der Waals surface area contributed by atoms with Crippen LogP contribution in [-0.4, -0.2) is 25.3 Å². The number of methoxy groups -OCH3 is 1. The van der Waals surface area contributed by atoms with E-state index in [9.17, 15) is 9.90 Å². The van der Waals surface area contributed by atoms with Crippen molar-refractivity contribution in [2.75, 3.05) is 24.4 Å². The second-order valence-electron chi connectivity index (χ2n) is 4.21. The SMILES string of the molecule is COc1ccccc1NC(=O)N(C)c1ccc(O)cc1. The number of para-hydroxylation sites is 2. The molecule has 2 amide bonds. The van der Waals surface area contributed by atoms with Gasteiger partial charge in [0.05, 0.1) is 12.8 Å². The molecule has 2 aromatic carbocycles. The van der Waals surface area contributed by atoms with Gasteiger partial charge in [0.2, 0.25) is 0 Å². The number of carbonyl (C=O) groups excluding carboxylic acids is 1. The molecule has 104 valence electrons. The number of ether oxygens (including phenoxy) is 1. The van der Waals surface area contributed by atoms with E-state index in [1.807, 2.05) is 12.1 Å². The second kappa shape index (κ2) is 5.97. The van der Waals surface area contributed by atoms with Crippen molar-refractivity contribution >= 4 is 17.4 Å². The van der Waals surface area contributed by atoms with Crippen LogP contribution in [-0.2, 0) is 0 Å². The van der Waals surface area contributed by atoms with Gasteiger partial charge >= 0.3 is 6.03 Å². The number of phenolic OH excluding ortho intramolecular Hbond substituents is 1. The van der Waals surface area contributed by atoms with Crippen LogP contribution in [0.4, 0.5) is 16.2 Å². The summed E-state index contributed by atoms with van der Waals surface area (Å²) in [5, 5.41) is 12.0. The molecule has 5 heteroatoms. The molecule has 0 unspecified atom stereocenters. The van der Waals surface area contributed by atoms with Gasteiger partial charge in [-0.2, -0.15) is 0 Å². The summed E-state index contributed by atoms with van der Waals surface area (Å²) < 4.78 is 5.18. The van der Waals surface area contributed by atoms with Crippen molar-refractivity contribution in [3.05, 3.63) is 48.5 Å². The van der Waals surface area contributed by atoms with Gasteiger partial charge in [0.25, 0.3) is 0 Å². The monoisotopic (exact) mass is 272 g/mol. The Bertz CT molecular complexity index is 596. The van der Waals surface area contributed by atoms with Crippen LogP contribution in [0.2, 0.25) is 0 Å². The van der Waals surface area contributed by atoms with E-state index in [1.165, 1.54) is 17.0 Å². The van der Waals surface area contributed by atoms with Crippen molar-refractivity contribution in [1.29, 1.82) is 0 Å². The zero-order valence-electron chi connectivity index (χ0n) is 11.3. The molecule has 20 heavy (non-hydrogen) atoms. The van der Waals surface area contributed by atoms with Gasteiger partial charge in [0.1, 0.15) is 11.5 Å². The topological polar surface area (TPSA) is 61.8 Å². The van der Waals surface area contributed by atoms with Crippen LogP contribution in [0.5, 0.6) is 11.5 Å². The zero-order valence-corrected chi connectivity index (χ0v) is 11.3. The first-order valence-corrected chi connectivity index (χ1v) is 6.08. The number of anilines is 2. The van der Waals surface area contributed by atoms with Crippen LogP contribution in [0, 0.1) is 0 Å². The predicted molar refractivity (Wildman–Crippen MR) is 78.5 cm³/mol. The molecule has 0 heterocycles. The Morgan fingerprint density at radius 3 is 2.45 bits per heavy atom. The number of amides is 2. The Labute approximate surface area is 117 Å². The Morgan fingerprint density at radius 2 is 1.80 bits per heavy atom. The van der Waals surface area contributed by atoms with Crippen molar-refractivity contribution in [3.63, 3.8) is 0 Å². The van der Waals surface area contributed by atoms with Gasteiger partial charge in [-0.15, -0.1) is 0 Å². The van der Waals surface area contributed by atoms with E-state index in [0.29, 0.717) is 17.1 Å². The summed E-state index contributed by atoms with van der Waals surface area (Å²) >= 11 is 0. The fourth-order valence-corrected chi connectivity index (χ4v) is 1.74. The van der Waals surface area contributed by atoms with Gasteiger partial charge in [0, 0.05) is 12.7 Å². The third-order valence-electron chi connectivity index (χ3n) is 2.89. The summed E-state index contributed by atoms with van der Waals surface area (Å²) in [6.45, 7) is 0. The molecule has 0 aliphatic carbocycles. The zero-order chi connectivity index (χ0) is 14.5. The molecule has 0 aromatic heterocycles. The number of carbonyl (C=O) groups is 1. The molecule has 0 spiro atoms. The Morgan fingerprint density at radius 1 is 1.15 bits per heavy atom. The van der Waals surface area contributed by atoms with Crippen molar-refractivity contribution in [3.8, 4) is 11.5 Å². The van der Waals surface area contributed by atoms with Gasteiger partial charge in [-0.1, -0.05) is 12.1 Å². The molecular weight excluding hydrogens is 256 g/mol. The molecule has 0 saturated heterocycles. The Hall–Kier alpha value is -2.69. The summed E-state index contributed by atoms with van der Waals surface area (Å²) in [6.07, 6.45) is 0. The average molecular weight is 272 g/mol. The number of urea groups is 1. The Balaban J connectivity index is 2.13. The molecule has 0 saturated carbocycles. The first-order chi connectivity index (χ1) is 9.61. The van der Waals surface area contributed by atoms with Crippen molar-refractivity contribution in [1.82, 2.24) is 0 Å². The molecule has 0 aliphatic heterocycles. The van der Waals surface area contributed by atoms with Gasteiger partial charge in [0.15, 0.2) is 0 Å². The fraction of sp³-hybridized carbons (Fsp3) is 0.133. The summed E-state index contributed by atoms with van der Waals surface area (Å²) in [5.41, 5.74) is 1.28. The average Bonchev–Trinajstić information content (AvgIpc) is 2.48. The fourth-order valence-electron chi connectivity index (χ4n) is 1.74. The lowest BCUT2D eigenvalue weighted by atomic mass is 10.3. The second-order valence-corrected chi connectivity index (χ2v) is 4.21. The van der Waals surface area contributed by atoms with Gasteiger partial charge in [-0.05, 0) is 36.4 Å². The van der Waals surface area contributed by atoms with Crippen LogP contribution in [0.3, 0.4) is 0 Å². The minimum Gasteiger partial charge on any atom is -0.508 e. The third kappa shape index (κ3) is 3.00. The van der Waals surface area contributed by atoms with E-state index in [4.69, 9.17) is 4.74 Å². The van der Waals surface area contributed by atoms with Crippen molar-refractivity contribution in [2.24, 2.45) is 0 Å². The molecule has 0 radical (unpaired) electrons.